The SMILES string of the molecule is C[C@@H](NC(=O)C1CCN(c2cnccn2)CC1)[C@@H](C)c1ccccc1. The highest BCUT2D eigenvalue weighted by atomic mass is 16.1. The molecular weight excluding hydrogens is 312 g/mol. The van der Waals surface area contributed by atoms with E-state index in [1.54, 1.807) is 18.6 Å². The van der Waals surface area contributed by atoms with E-state index in [1.165, 1.54) is 5.56 Å². The molecule has 1 saturated heterocycles. The molecule has 0 bridgehead atoms. The fourth-order valence-electron chi connectivity index (χ4n) is 3.34. The summed E-state index contributed by atoms with van der Waals surface area (Å²) in [6, 6.07) is 10.5. The number of nitrogens with one attached hydrogen (secondary N) is 1. The Morgan fingerprint density at radius 2 is 1.88 bits per heavy atom. The molecule has 25 heavy (non-hydrogen) atoms. The zero-order chi connectivity index (χ0) is 17.6. The summed E-state index contributed by atoms with van der Waals surface area (Å²) in [6.45, 7) is 5.94. The van der Waals surface area contributed by atoms with Gasteiger partial charge in [-0.05, 0) is 25.3 Å². The monoisotopic (exact) mass is 338 g/mol. The molecule has 0 radical (unpaired) electrons. The summed E-state index contributed by atoms with van der Waals surface area (Å²) in [6.07, 6.45) is 6.88. The quantitative estimate of drug-likeness (QED) is 0.910. The molecule has 1 aromatic carbocycles. The molecule has 132 valence electrons. The number of hydrogen-bond donors (Lipinski definition) is 1. The molecule has 1 aliphatic heterocycles. The Kier molecular flexibility index (Phi) is 5.64. The van der Waals surface area contributed by atoms with Crippen LogP contribution in [0.5, 0.6) is 0 Å². The number of hydrogen-bond acceptors (Lipinski definition) is 4. The van der Waals surface area contributed by atoms with E-state index in [-0.39, 0.29) is 17.9 Å². The second-order valence-corrected chi connectivity index (χ2v) is 6.82. The van der Waals surface area contributed by atoms with E-state index in [1.807, 2.05) is 18.2 Å². The summed E-state index contributed by atoms with van der Waals surface area (Å²) in [5.74, 6) is 1.45. The van der Waals surface area contributed by atoms with Gasteiger partial charge in [-0.15, -0.1) is 0 Å². The first-order valence-corrected chi connectivity index (χ1v) is 9.01. The number of piperidine rings is 1. The lowest BCUT2D eigenvalue weighted by Crippen LogP contribution is -2.44. The molecule has 5 heteroatoms. The molecule has 2 aromatic rings. The highest BCUT2D eigenvalue weighted by Gasteiger charge is 2.27. The number of rotatable bonds is 5. The topological polar surface area (TPSA) is 58.1 Å². The van der Waals surface area contributed by atoms with Crippen molar-refractivity contribution in [2.45, 2.75) is 38.6 Å². The van der Waals surface area contributed by atoms with E-state index in [9.17, 15) is 4.79 Å². The summed E-state index contributed by atoms with van der Waals surface area (Å²) in [4.78, 5) is 23.3. The molecule has 1 amide bonds. The normalized spacial score (nSPS) is 17.8. The van der Waals surface area contributed by atoms with Gasteiger partial charge in [0.15, 0.2) is 0 Å². The number of nitrogens with zero attached hydrogens (tertiary/aromatic N) is 3. The molecule has 3 rings (SSSR count). The first-order chi connectivity index (χ1) is 12.1. The van der Waals surface area contributed by atoms with Crippen LogP contribution in [0.4, 0.5) is 5.82 Å². The van der Waals surface area contributed by atoms with Crippen LogP contribution >= 0.6 is 0 Å². The van der Waals surface area contributed by atoms with Gasteiger partial charge in [-0.1, -0.05) is 37.3 Å². The first-order valence-electron chi connectivity index (χ1n) is 9.01. The summed E-state index contributed by atoms with van der Waals surface area (Å²) < 4.78 is 0. The van der Waals surface area contributed by atoms with Gasteiger partial charge in [-0.3, -0.25) is 9.78 Å². The number of carbonyl (C=O) groups is 1. The van der Waals surface area contributed by atoms with E-state index in [0.717, 1.165) is 31.7 Å². The molecule has 1 N–H and O–H groups in total. The smallest absolute Gasteiger partial charge is 0.223 e. The average molecular weight is 338 g/mol. The van der Waals surface area contributed by atoms with Crippen molar-refractivity contribution in [2.75, 3.05) is 18.0 Å². The molecule has 1 aliphatic rings. The molecule has 0 unspecified atom stereocenters. The molecule has 1 fully saturated rings. The van der Waals surface area contributed by atoms with Crippen LogP contribution in [-0.4, -0.2) is 35.0 Å². The number of anilines is 1. The van der Waals surface area contributed by atoms with E-state index >= 15 is 0 Å². The fraction of sp³-hybridized carbons (Fsp3) is 0.450. The first kappa shape index (κ1) is 17.4. The lowest BCUT2D eigenvalue weighted by molar-refractivity contribution is -0.126. The van der Waals surface area contributed by atoms with Crippen LogP contribution in [0, 0.1) is 5.92 Å². The lowest BCUT2D eigenvalue weighted by atomic mass is 9.92. The van der Waals surface area contributed by atoms with Crippen molar-refractivity contribution >= 4 is 11.7 Å². The Bertz CT molecular complexity index is 669. The Morgan fingerprint density at radius 1 is 1.16 bits per heavy atom. The van der Waals surface area contributed by atoms with Crippen molar-refractivity contribution in [3.63, 3.8) is 0 Å². The van der Waals surface area contributed by atoms with E-state index < -0.39 is 0 Å². The Morgan fingerprint density at radius 3 is 2.52 bits per heavy atom. The van der Waals surface area contributed by atoms with E-state index in [4.69, 9.17) is 0 Å². The predicted molar refractivity (Wildman–Crippen MR) is 99.4 cm³/mol. The Labute approximate surface area is 149 Å². The number of benzene rings is 1. The number of carbonyl (C=O) groups excluding carboxylic acids is 1. The zero-order valence-corrected chi connectivity index (χ0v) is 14.9. The summed E-state index contributed by atoms with van der Waals surface area (Å²) in [7, 11) is 0. The maximum Gasteiger partial charge on any atom is 0.223 e. The van der Waals surface area contributed by atoms with Gasteiger partial charge in [0.05, 0.1) is 6.20 Å². The standard InChI is InChI=1S/C20H26N4O/c1-15(17-6-4-3-5-7-17)16(2)23-20(25)18-8-12-24(13-9-18)19-14-21-10-11-22-19/h3-7,10-11,14-16,18H,8-9,12-13H2,1-2H3,(H,23,25)/t15-,16-/m1/s1. The second kappa shape index (κ2) is 8.10. The van der Waals surface area contributed by atoms with Gasteiger partial charge in [0, 0.05) is 43.4 Å². The zero-order valence-electron chi connectivity index (χ0n) is 14.9. The third-order valence-corrected chi connectivity index (χ3v) is 5.18. The minimum absolute atomic E-state index is 0.0818. The molecule has 1 aromatic heterocycles. The Balaban J connectivity index is 1.51. The van der Waals surface area contributed by atoms with Gasteiger partial charge in [0.2, 0.25) is 5.91 Å². The van der Waals surface area contributed by atoms with Crippen molar-refractivity contribution in [1.29, 1.82) is 0 Å². The number of amides is 1. The van der Waals surface area contributed by atoms with Gasteiger partial charge in [0.25, 0.3) is 0 Å². The average Bonchev–Trinajstić information content (AvgIpc) is 2.68. The van der Waals surface area contributed by atoms with Crippen LogP contribution in [0.2, 0.25) is 0 Å². The minimum Gasteiger partial charge on any atom is -0.355 e. The highest BCUT2D eigenvalue weighted by Crippen LogP contribution is 2.23. The largest absolute Gasteiger partial charge is 0.355 e. The maximum atomic E-state index is 12.6. The minimum atomic E-state index is 0.0818. The highest BCUT2D eigenvalue weighted by molar-refractivity contribution is 5.79. The van der Waals surface area contributed by atoms with E-state index in [2.05, 4.69) is 46.2 Å². The van der Waals surface area contributed by atoms with Crippen molar-refractivity contribution in [1.82, 2.24) is 15.3 Å². The van der Waals surface area contributed by atoms with Crippen molar-refractivity contribution in [3.05, 3.63) is 54.5 Å². The Hall–Kier alpha value is -2.43. The van der Waals surface area contributed by atoms with Crippen LogP contribution < -0.4 is 10.2 Å². The van der Waals surface area contributed by atoms with Crippen LogP contribution in [0.3, 0.4) is 0 Å². The van der Waals surface area contributed by atoms with Gasteiger partial charge in [-0.25, -0.2) is 4.98 Å². The third kappa shape index (κ3) is 4.35. The molecule has 2 atom stereocenters. The fourth-order valence-corrected chi connectivity index (χ4v) is 3.34. The van der Waals surface area contributed by atoms with E-state index in [0.29, 0.717) is 5.92 Å². The molecule has 0 saturated carbocycles. The van der Waals surface area contributed by atoms with Crippen molar-refractivity contribution < 1.29 is 4.79 Å². The molecule has 2 heterocycles. The molecule has 0 spiro atoms. The van der Waals surface area contributed by atoms with Gasteiger partial charge in [-0.2, -0.15) is 0 Å². The van der Waals surface area contributed by atoms with Gasteiger partial charge < -0.3 is 10.2 Å². The van der Waals surface area contributed by atoms with Crippen molar-refractivity contribution in [3.8, 4) is 0 Å². The van der Waals surface area contributed by atoms with Crippen LogP contribution in [0.25, 0.3) is 0 Å². The summed E-state index contributed by atoms with van der Waals surface area (Å²) in [5.41, 5.74) is 1.26. The van der Waals surface area contributed by atoms with Crippen LogP contribution in [0.1, 0.15) is 38.2 Å². The second-order valence-electron chi connectivity index (χ2n) is 6.82. The lowest BCUT2D eigenvalue weighted by Gasteiger charge is -2.33. The van der Waals surface area contributed by atoms with Crippen LogP contribution in [0.15, 0.2) is 48.9 Å². The summed E-state index contributed by atoms with van der Waals surface area (Å²) in [5, 5.41) is 3.22. The molecular formula is C20H26N4O. The molecule has 5 nitrogen and oxygen atoms in total. The number of aromatic nitrogens is 2. The third-order valence-electron chi connectivity index (χ3n) is 5.18. The summed E-state index contributed by atoms with van der Waals surface area (Å²) >= 11 is 0. The van der Waals surface area contributed by atoms with Crippen molar-refractivity contribution in [2.24, 2.45) is 5.92 Å². The molecule has 0 aliphatic carbocycles. The maximum absolute atomic E-state index is 12.6. The van der Waals surface area contributed by atoms with Crippen LogP contribution in [-0.2, 0) is 4.79 Å². The van der Waals surface area contributed by atoms with Gasteiger partial charge >= 0.3 is 0 Å². The van der Waals surface area contributed by atoms with Gasteiger partial charge in [0.1, 0.15) is 5.82 Å². The predicted octanol–water partition coefficient (Wildman–Crippen LogP) is 3.00.